The van der Waals surface area contributed by atoms with Gasteiger partial charge in [-0.05, 0) is 80.4 Å². The molecule has 0 saturated carbocycles. The lowest BCUT2D eigenvalue weighted by Crippen LogP contribution is -2.35. The smallest absolute Gasteiger partial charge is 0.258 e. The van der Waals surface area contributed by atoms with Gasteiger partial charge in [0.15, 0.2) is 0 Å². The number of fused-ring (bicyclic) bond motifs is 1. The third-order valence-corrected chi connectivity index (χ3v) is 6.62. The molecule has 1 unspecified atom stereocenters. The van der Waals surface area contributed by atoms with Crippen molar-refractivity contribution in [3.63, 3.8) is 0 Å². The molecule has 1 atom stereocenters. The lowest BCUT2D eigenvalue weighted by Gasteiger charge is -2.23. The maximum Gasteiger partial charge on any atom is 0.258 e. The first-order valence-electron chi connectivity index (χ1n) is 10.1. The number of sulfonamides is 1. The Morgan fingerprint density at radius 3 is 2.65 bits per heavy atom. The Morgan fingerprint density at radius 2 is 1.97 bits per heavy atom. The van der Waals surface area contributed by atoms with E-state index in [4.69, 9.17) is 9.15 Å². The van der Waals surface area contributed by atoms with Gasteiger partial charge in [-0.25, -0.2) is 13.1 Å². The summed E-state index contributed by atoms with van der Waals surface area (Å²) in [6.07, 6.45) is 2.08. The average Bonchev–Trinajstić information content (AvgIpc) is 3.39. The molecule has 0 bridgehead atoms. The second kappa shape index (κ2) is 8.56. The van der Waals surface area contributed by atoms with Crippen LogP contribution in [0.3, 0.4) is 0 Å². The topological polar surface area (TPSA) is 88.8 Å². The minimum absolute atomic E-state index is 0.0746. The fraction of sp³-hybridized carbons (Fsp3) is 0.261. The van der Waals surface area contributed by atoms with Crippen LogP contribution in [-0.2, 0) is 23.0 Å². The fourth-order valence-electron chi connectivity index (χ4n) is 3.75. The molecule has 2 aromatic carbocycles. The average molecular weight is 441 g/mol. The van der Waals surface area contributed by atoms with Gasteiger partial charge in [0.25, 0.3) is 5.91 Å². The van der Waals surface area contributed by atoms with Crippen LogP contribution in [0.2, 0.25) is 0 Å². The van der Waals surface area contributed by atoms with Gasteiger partial charge >= 0.3 is 0 Å². The predicted molar refractivity (Wildman–Crippen MR) is 117 cm³/mol. The van der Waals surface area contributed by atoms with Gasteiger partial charge in [-0.1, -0.05) is 0 Å². The van der Waals surface area contributed by atoms with Crippen molar-refractivity contribution in [2.45, 2.75) is 37.8 Å². The van der Waals surface area contributed by atoms with E-state index in [-0.39, 0.29) is 23.4 Å². The molecular formula is C23H24N2O5S. The van der Waals surface area contributed by atoms with E-state index in [1.54, 1.807) is 53.4 Å². The number of carbonyl (C=O) groups excluding carboxylic acids is 1. The number of anilines is 1. The van der Waals surface area contributed by atoms with E-state index < -0.39 is 10.0 Å². The molecule has 7 nitrogen and oxygen atoms in total. The summed E-state index contributed by atoms with van der Waals surface area (Å²) in [5.41, 5.74) is 2.11. The van der Waals surface area contributed by atoms with Gasteiger partial charge in [0.2, 0.25) is 10.0 Å². The van der Waals surface area contributed by atoms with Crippen molar-refractivity contribution < 1.29 is 22.4 Å². The molecule has 0 spiro atoms. The Labute approximate surface area is 181 Å². The second-order valence-electron chi connectivity index (χ2n) is 7.38. The van der Waals surface area contributed by atoms with E-state index in [1.807, 2.05) is 13.8 Å². The number of carbonyl (C=O) groups is 1. The van der Waals surface area contributed by atoms with Gasteiger partial charge < -0.3 is 14.1 Å². The first kappa shape index (κ1) is 21.1. The molecule has 1 aromatic heterocycles. The van der Waals surface area contributed by atoms with Crippen molar-refractivity contribution in [3.8, 4) is 5.75 Å². The second-order valence-corrected chi connectivity index (χ2v) is 9.15. The fourth-order valence-corrected chi connectivity index (χ4v) is 4.79. The van der Waals surface area contributed by atoms with E-state index in [1.165, 1.54) is 12.3 Å². The predicted octanol–water partition coefficient (Wildman–Crippen LogP) is 3.75. The van der Waals surface area contributed by atoms with Crippen LogP contribution < -0.4 is 14.4 Å². The number of hydrogen-bond donors (Lipinski definition) is 1. The Balaban J connectivity index is 1.55. The molecule has 8 heteroatoms. The normalized spacial score (nSPS) is 15.7. The highest BCUT2D eigenvalue weighted by Gasteiger charge is 2.32. The van der Waals surface area contributed by atoms with E-state index in [9.17, 15) is 13.2 Å². The van der Waals surface area contributed by atoms with Crippen molar-refractivity contribution in [3.05, 3.63) is 77.7 Å². The third-order valence-electron chi connectivity index (χ3n) is 5.22. The molecule has 1 aliphatic rings. The molecule has 0 aliphatic carbocycles. The number of rotatable bonds is 7. The number of amides is 1. The zero-order valence-electron chi connectivity index (χ0n) is 17.4. The Hall–Kier alpha value is -3.10. The van der Waals surface area contributed by atoms with Gasteiger partial charge in [0.05, 0.1) is 24.3 Å². The Bertz CT molecular complexity index is 1170. The van der Waals surface area contributed by atoms with Gasteiger partial charge in [0, 0.05) is 17.3 Å². The first-order chi connectivity index (χ1) is 14.9. The Kier molecular flexibility index (Phi) is 5.84. The maximum absolute atomic E-state index is 13.1. The molecule has 31 heavy (non-hydrogen) atoms. The number of furan rings is 1. The number of hydrogen-bond acceptors (Lipinski definition) is 5. The lowest BCUT2D eigenvalue weighted by atomic mass is 10.1. The molecule has 162 valence electrons. The molecule has 4 rings (SSSR count). The van der Waals surface area contributed by atoms with Crippen LogP contribution in [0.5, 0.6) is 5.75 Å². The van der Waals surface area contributed by atoms with E-state index in [0.29, 0.717) is 30.1 Å². The van der Waals surface area contributed by atoms with Gasteiger partial charge in [-0.2, -0.15) is 0 Å². The summed E-state index contributed by atoms with van der Waals surface area (Å²) < 4.78 is 38.5. The number of ether oxygens (including phenoxy) is 1. The molecule has 1 N–H and O–H groups in total. The van der Waals surface area contributed by atoms with Gasteiger partial charge in [-0.3, -0.25) is 4.79 Å². The first-order valence-corrected chi connectivity index (χ1v) is 11.6. The zero-order valence-corrected chi connectivity index (χ0v) is 18.2. The van der Waals surface area contributed by atoms with E-state index in [0.717, 1.165) is 11.3 Å². The van der Waals surface area contributed by atoms with Crippen molar-refractivity contribution in [1.29, 1.82) is 0 Å². The van der Waals surface area contributed by atoms with Crippen LogP contribution in [-0.4, -0.2) is 27.0 Å². The minimum Gasteiger partial charge on any atom is -0.494 e. The molecular weight excluding hydrogens is 416 g/mol. The maximum atomic E-state index is 13.1. The summed E-state index contributed by atoms with van der Waals surface area (Å²) in [5, 5.41) is 0. The molecule has 1 aliphatic heterocycles. The summed E-state index contributed by atoms with van der Waals surface area (Å²) in [5.74, 6) is 1.12. The highest BCUT2D eigenvalue weighted by molar-refractivity contribution is 7.89. The Morgan fingerprint density at radius 1 is 1.19 bits per heavy atom. The van der Waals surface area contributed by atoms with Crippen LogP contribution in [0.25, 0.3) is 0 Å². The molecule has 0 saturated heterocycles. The summed E-state index contributed by atoms with van der Waals surface area (Å²) in [4.78, 5) is 15.0. The molecule has 0 fully saturated rings. The molecule has 0 radical (unpaired) electrons. The van der Waals surface area contributed by atoms with Crippen molar-refractivity contribution in [2.24, 2.45) is 0 Å². The van der Waals surface area contributed by atoms with Crippen LogP contribution >= 0.6 is 0 Å². The van der Waals surface area contributed by atoms with Gasteiger partial charge in [-0.15, -0.1) is 0 Å². The van der Waals surface area contributed by atoms with Gasteiger partial charge in [0.1, 0.15) is 11.5 Å². The third kappa shape index (κ3) is 4.35. The summed E-state index contributed by atoms with van der Waals surface area (Å²) >= 11 is 0. The van der Waals surface area contributed by atoms with Crippen LogP contribution in [0.15, 0.2) is 70.2 Å². The van der Waals surface area contributed by atoms with Crippen LogP contribution in [0, 0.1) is 0 Å². The van der Waals surface area contributed by atoms with Crippen LogP contribution in [0.1, 0.15) is 35.5 Å². The van der Waals surface area contributed by atoms with Crippen molar-refractivity contribution in [1.82, 2.24) is 4.72 Å². The van der Waals surface area contributed by atoms with Crippen molar-refractivity contribution in [2.75, 3.05) is 11.5 Å². The zero-order chi connectivity index (χ0) is 22.0. The minimum atomic E-state index is -3.70. The number of nitrogens with zero attached hydrogens (tertiary/aromatic N) is 1. The van der Waals surface area contributed by atoms with E-state index >= 15 is 0 Å². The monoisotopic (exact) mass is 440 g/mol. The van der Waals surface area contributed by atoms with Crippen LogP contribution in [0.4, 0.5) is 5.69 Å². The molecule has 3 aromatic rings. The lowest BCUT2D eigenvalue weighted by molar-refractivity contribution is 0.0981. The molecule has 2 heterocycles. The van der Waals surface area contributed by atoms with E-state index in [2.05, 4.69) is 4.72 Å². The quantitative estimate of drug-likeness (QED) is 0.605. The molecule has 1 amide bonds. The largest absolute Gasteiger partial charge is 0.494 e. The summed E-state index contributed by atoms with van der Waals surface area (Å²) in [7, 11) is -3.70. The SMILES string of the molecule is CCOc1ccc(C(=O)N2c3ccc(S(=O)(=O)NCc4ccco4)cc3CC2C)cc1. The highest BCUT2D eigenvalue weighted by atomic mass is 32.2. The number of benzene rings is 2. The summed E-state index contributed by atoms with van der Waals surface area (Å²) in [6.45, 7) is 4.50. The van der Waals surface area contributed by atoms with Crippen molar-refractivity contribution >= 4 is 21.6 Å². The standard InChI is InChI=1S/C23H24N2O5S/c1-3-29-19-8-6-17(7-9-19)23(26)25-16(2)13-18-14-21(10-11-22(18)25)31(27,28)24-15-20-5-4-12-30-20/h4-12,14,16,24H,3,13,15H2,1-2H3. The summed E-state index contributed by atoms with van der Waals surface area (Å²) in [6, 6.07) is 15.2. The number of nitrogens with one attached hydrogen (secondary N) is 1. The highest BCUT2D eigenvalue weighted by Crippen LogP contribution is 2.35.